The summed E-state index contributed by atoms with van der Waals surface area (Å²) in [6, 6.07) is 8.71. The third-order valence-electron chi connectivity index (χ3n) is 4.17. The maximum absolute atomic E-state index is 5.81. The molecule has 0 fully saturated rings. The van der Waals surface area contributed by atoms with E-state index >= 15 is 0 Å². The molecule has 2 rings (SSSR count). The van der Waals surface area contributed by atoms with E-state index in [2.05, 4.69) is 107 Å². The molecule has 148 valence electrons. The zero-order valence-corrected chi connectivity index (χ0v) is 19.9. The van der Waals surface area contributed by atoms with Crippen molar-refractivity contribution in [3.8, 4) is 0 Å². The molecule has 2 heteroatoms. The highest BCUT2D eigenvalue weighted by molar-refractivity contribution is 7.12. The van der Waals surface area contributed by atoms with Gasteiger partial charge in [0, 0.05) is 20.6 Å². The average Bonchev–Trinajstić information content (AvgIpc) is 3.06. The lowest BCUT2D eigenvalue weighted by Crippen LogP contribution is -2.11. The van der Waals surface area contributed by atoms with Crippen molar-refractivity contribution < 1.29 is 4.42 Å². The molecular weight excluding hydrogens is 336 g/mol. The Morgan fingerprint density at radius 1 is 0.500 bits per heavy atom. The lowest BCUT2D eigenvalue weighted by Gasteiger charge is -2.18. The van der Waals surface area contributed by atoms with Gasteiger partial charge in [0.15, 0.2) is 0 Å². The Morgan fingerprint density at radius 2 is 0.808 bits per heavy atom. The van der Waals surface area contributed by atoms with Gasteiger partial charge in [0.05, 0.1) is 0 Å². The van der Waals surface area contributed by atoms with Crippen LogP contribution in [0.2, 0.25) is 0 Å². The highest BCUT2D eigenvalue weighted by atomic mass is 32.1. The van der Waals surface area contributed by atoms with Crippen LogP contribution in [0, 0.1) is 0 Å². The van der Waals surface area contributed by atoms with Gasteiger partial charge in [-0.05, 0) is 35.1 Å². The topological polar surface area (TPSA) is 13.1 Å². The van der Waals surface area contributed by atoms with Gasteiger partial charge >= 0.3 is 0 Å². The number of hydrogen-bond donors (Lipinski definition) is 0. The zero-order valence-electron chi connectivity index (χ0n) is 19.1. The average molecular weight is 377 g/mol. The molecule has 0 unspecified atom stereocenters. The second-order valence-electron chi connectivity index (χ2n) is 11.3. The van der Waals surface area contributed by atoms with Gasteiger partial charge < -0.3 is 4.42 Å². The van der Waals surface area contributed by atoms with E-state index in [0.717, 1.165) is 11.5 Å². The molecule has 0 spiro atoms. The van der Waals surface area contributed by atoms with Crippen molar-refractivity contribution in [2.24, 2.45) is 0 Å². The van der Waals surface area contributed by atoms with E-state index in [1.54, 1.807) is 0 Å². The molecule has 0 saturated carbocycles. The molecule has 26 heavy (non-hydrogen) atoms. The van der Waals surface area contributed by atoms with Crippen LogP contribution in [0.4, 0.5) is 0 Å². The van der Waals surface area contributed by atoms with Gasteiger partial charge in [0.25, 0.3) is 0 Å². The Bertz CT molecular complexity index is 569. The van der Waals surface area contributed by atoms with Crippen LogP contribution in [0.15, 0.2) is 28.7 Å². The van der Waals surface area contributed by atoms with Crippen LogP contribution in [-0.2, 0) is 21.7 Å². The van der Waals surface area contributed by atoms with E-state index < -0.39 is 0 Å². The number of rotatable bonds is 0. The molecule has 1 nitrogen and oxygen atoms in total. The van der Waals surface area contributed by atoms with E-state index in [1.807, 2.05) is 11.3 Å². The molecule has 2 heterocycles. The normalized spacial score (nSPS) is 13.4. The summed E-state index contributed by atoms with van der Waals surface area (Å²) in [5, 5.41) is 0. The van der Waals surface area contributed by atoms with Gasteiger partial charge in [0.2, 0.25) is 0 Å². The quantitative estimate of drug-likeness (QED) is 0.451. The van der Waals surface area contributed by atoms with E-state index in [0.29, 0.717) is 10.8 Å². The van der Waals surface area contributed by atoms with Gasteiger partial charge in [-0.15, -0.1) is 11.3 Å². The van der Waals surface area contributed by atoms with E-state index in [4.69, 9.17) is 4.42 Å². The van der Waals surface area contributed by atoms with Crippen molar-refractivity contribution >= 4 is 11.3 Å². The molecule has 2 aromatic rings. The summed E-state index contributed by atoms with van der Waals surface area (Å²) in [7, 11) is 0. The largest absolute Gasteiger partial charge is 0.465 e. The predicted molar refractivity (Wildman–Crippen MR) is 118 cm³/mol. The molecular formula is C24H40OS. The first-order chi connectivity index (χ1) is 11.4. The minimum atomic E-state index is 0.115. The standard InChI is InChI=1S/C12H20O.C12H20S/c2*1-11(2,3)9-7-8-10(13-9)12(4,5)6/h2*7-8H,1-6H3. The summed E-state index contributed by atoms with van der Waals surface area (Å²) in [6.45, 7) is 26.6. The third kappa shape index (κ3) is 6.61. The SMILES string of the molecule is CC(C)(C)c1ccc(C(C)(C)C)o1.CC(C)(C)c1ccc(C(C)(C)C)s1. The minimum absolute atomic E-state index is 0.115. The van der Waals surface area contributed by atoms with Crippen molar-refractivity contribution in [2.45, 2.75) is 105 Å². The Labute approximate surface area is 166 Å². The smallest absolute Gasteiger partial charge is 0.109 e. The summed E-state index contributed by atoms with van der Waals surface area (Å²) in [5.41, 5.74) is 0.829. The van der Waals surface area contributed by atoms with Crippen LogP contribution in [-0.4, -0.2) is 0 Å². The fraction of sp³-hybridized carbons (Fsp3) is 0.667. The lowest BCUT2D eigenvalue weighted by molar-refractivity contribution is 0.344. The molecule has 0 saturated heterocycles. The van der Waals surface area contributed by atoms with Crippen molar-refractivity contribution in [1.29, 1.82) is 0 Å². The van der Waals surface area contributed by atoms with E-state index in [9.17, 15) is 0 Å². The van der Waals surface area contributed by atoms with Gasteiger partial charge in [-0.3, -0.25) is 0 Å². The number of hydrogen-bond acceptors (Lipinski definition) is 2. The van der Waals surface area contributed by atoms with Gasteiger partial charge in [-0.2, -0.15) is 0 Å². The molecule has 0 N–H and O–H groups in total. The van der Waals surface area contributed by atoms with Gasteiger partial charge in [0.1, 0.15) is 11.5 Å². The van der Waals surface area contributed by atoms with Gasteiger partial charge in [-0.25, -0.2) is 0 Å². The number of furan rings is 1. The van der Waals surface area contributed by atoms with Crippen LogP contribution < -0.4 is 0 Å². The molecule has 0 aromatic carbocycles. The summed E-state index contributed by atoms with van der Waals surface area (Å²) in [4.78, 5) is 2.97. The summed E-state index contributed by atoms with van der Waals surface area (Å²) >= 11 is 1.95. The van der Waals surface area contributed by atoms with Crippen molar-refractivity contribution in [1.82, 2.24) is 0 Å². The fourth-order valence-electron chi connectivity index (χ4n) is 2.29. The third-order valence-corrected chi connectivity index (χ3v) is 6.11. The van der Waals surface area contributed by atoms with E-state index in [-0.39, 0.29) is 10.8 Å². The highest BCUT2D eigenvalue weighted by Gasteiger charge is 2.23. The second kappa shape index (κ2) is 7.54. The van der Waals surface area contributed by atoms with E-state index in [1.165, 1.54) is 9.75 Å². The van der Waals surface area contributed by atoms with Gasteiger partial charge in [-0.1, -0.05) is 83.1 Å². The molecule has 2 aromatic heterocycles. The minimum Gasteiger partial charge on any atom is -0.465 e. The first kappa shape index (κ1) is 23.0. The Kier molecular flexibility index (Phi) is 6.68. The molecule has 0 aliphatic rings. The Balaban J connectivity index is 0.000000260. The zero-order chi connectivity index (χ0) is 20.6. The van der Waals surface area contributed by atoms with Crippen LogP contribution >= 0.6 is 11.3 Å². The number of thiophene rings is 1. The molecule has 0 amide bonds. The second-order valence-corrected chi connectivity index (χ2v) is 12.4. The van der Waals surface area contributed by atoms with Crippen molar-refractivity contribution in [3.05, 3.63) is 45.5 Å². The van der Waals surface area contributed by atoms with Crippen molar-refractivity contribution in [3.63, 3.8) is 0 Å². The first-order valence-electron chi connectivity index (χ1n) is 9.64. The lowest BCUT2D eigenvalue weighted by atomic mass is 9.93. The van der Waals surface area contributed by atoms with Crippen LogP contribution in [0.3, 0.4) is 0 Å². The summed E-state index contributed by atoms with van der Waals surface area (Å²) < 4.78 is 5.81. The molecule has 0 bridgehead atoms. The van der Waals surface area contributed by atoms with Crippen molar-refractivity contribution in [2.75, 3.05) is 0 Å². The highest BCUT2D eigenvalue weighted by Crippen LogP contribution is 2.35. The molecule has 0 aliphatic carbocycles. The summed E-state index contributed by atoms with van der Waals surface area (Å²) in [6.07, 6.45) is 0. The maximum atomic E-state index is 5.81. The van der Waals surface area contributed by atoms with Crippen LogP contribution in [0.25, 0.3) is 0 Å². The maximum Gasteiger partial charge on any atom is 0.109 e. The van der Waals surface area contributed by atoms with Crippen LogP contribution in [0.5, 0.6) is 0 Å². The predicted octanol–water partition coefficient (Wildman–Crippen LogP) is 8.22. The monoisotopic (exact) mass is 376 g/mol. The fourth-order valence-corrected chi connectivity index (χ4v) is 3.41. The van der Waals surface area contributed by atoms with Crippen LogP contribution in [0.1, 0.15) is 104 Å². The Hall–Kier alpha value is -1.02. The summed E-state index contributed by atoms with van der Waals surface area (Å²) in [5.74, 6) is 2.13. The molecule has 0 aliphatic heterocycles. The Morgan fingerprint density at radius 3 is 0.962 bits per heavy atom. The first-order valence-corrected chi connectivity index (χ1v) is 10.5. The molecule has 0 radical (unpaired) electrons. The molecule has 0 atom stereocenters.